The fourth-order valence-corrected chi connectivity index (χ4v) is 1.82. The Hall–Kier alpha value is -1.34. The first kappa shape index (κ1) is 23.9. The first-order valence-corrected chi connectivity index (χ1v) is 6.44. The molecular weight excluding hydrogens is 333 g/mol. The molecule has 0 radical (unpaired) electrons. The van der Waals surface area contributed by atoms with Gasteiger partial charge in [-0.3, -0.25) is 4.79 Å². The van der Waals surface area contributed by atoms with Gasteiger partial charge in [-0.05, 0) is 12.0 Å². The van der Waals surface area contributed by atoms with Crippen LogP contribution in [0.4, 0.5) is 0 Å². The molecule has 8 heteroatoms. The van der Waals surface area contributed by atoms with Gasteiger partial charge in [0.2, 0.25) is 5.91 Å². The number of aliphatic carboxylic acids is 2. The van der Waals surface area contributed by atoms with Crippen LogP contribution in [-0.2, 0) is 20.9 Å². The van der Waals surface area contributed by atoms with Crippen LogP contribution in [-0.4, -0.2) is 39.5 Å². The largest absolute Gasteiger partial charge is 1.00 e. The van der Waals surface area contributed by atoms with Crippen LogP contribution in [0.2, 0.25) is 0 Å². The number of hydrogen-bond acceptors (Lipinski definition) is 3. The summed E-state index contributed by atoms with van der Waals surface area (Å²) in [4.78, 5) is 32.3. The smallest absolute Gasteiger partial charge is 1.00 e. The first-order valence-electron chi connectivity index (χ1n) is 6.44. The van der Waals surface area contributed by atoms with Crippen molar-refractivity contribution in [1.29, 1.82) is 0 Å². The molecule has 23 heavy (non-hydrogen) atoms. The molecule has 2 rings (SSSR count). The number of carbonyl (C=O) groups is 3. The Bertz CT molecular complexity index is 520. The van der Waals surface area contributed by atoms with Crippen molar-refractivity contribution in [2.45, 2.75) is 19.4 Å². The first-order chi connectivity index (χ1) is 9.99. The van der Waals surface area contributed by atoms with Crippen molar-refractivity contribution in [2.24, 2.45) is 0 Å². The van der Waals surface area contributed by atoms with Gasteiger partial charge in [0.05, 0.1) is 0 Å². The molecule has 1 heterocycles. The van der Waals surface area contributed by atoms with Crippen LogP contribution in [0, 0.1) is 0 Å². The second-order valence-corrected chi connectivity index (χ2v) is 4.41. The van der Waals surface area contributed by atoms with Crippen molar-refractivity contribution < 1.29 is 66.6 Å². The molecule has 0 aromatic heterocycles. The zero-order valence-electron chi connectivity index (χ0n) is 12.8. The van der Waals surface area contributed by atoms with Crippen LogP contribution in [0.3, 0.4) is 0 Å². The number of benzene rings is 1. The van der Waals surface area contributed by atoms with Crippen molar-refractivity contribution in [3.63, 3.8) is 0 Å². The minimum Gasteiger partial charge on any atom is -1.00 e. The molecule has 1 saturated heterocycles. The number of amides is 1. The molecule has 0 aliphatic carbocycles. The Kier molecular flexibility index (Phi) is 13.7. The van der Waals surface area contributed by atoms with Crippen LogP contribution in [0.25, 0.3) is 0 Å². The van der Waals surface area contributed by atoms with E-state index in [0.29, 0.717) is 18.1 Å². The van der Waals surface area contributed by atoms with Crippen LogP contribution in [0.1, 0.15) is 18.4 Å². The quantitative estimate of drug-likeness (QED) is 0.422. The van der Waals surface area contributed by atoms with Gasteiger partial charge in [-0.25, -0.2) is 9.59 Å². The van der Waals surface area contributed by atoms with Crippen molar-refractivity contribution in [3.05, 3.63) is 48.0 Å². The van der Waals surface area contributed by atoms with Gasteiger partial charge in [-0.15, -0.1) is 0 Å². The van der Waals surface area contributed by atoms with E-state index in [1.807, 2.05) is 23.1 Å². The molecule has 1 aliphatic heterocycles. The molecule has 0 saturated carbocycles. The molecule has 1 amide bonds. The predicted molar refractivity (Wildman–Crippen MR) is 75.5 cm³/mol. The molecule has 0 atom stereocenters. The predicted octanol–water partition coefficient (Wildman–Crippen LogP) is -4.47. The summed E-state index contributed by atoms with van der Waals surface area (Å²) in [6.45, 7) is 1.70. The maximum atomic E-state index is 11.3. The van der Waals surface area contributed by atoms with Crippen LogP contribution in [0.15, 0.2) is 42.5 Å². The monoisotopic (exact) mass is 349 g/mol. The number of rotatable bonds is 4. The van der Waals surface area contributed by atoms with Gasteiger partial charge in [0.1, 0.15) is 0 Å². The SMILES string of the molecule is O=C(O)/C=C/C(=O)O.O=C1CCCN1Cc1ccccc1.[Cl-].[Na+]. The Balaban J connectivity index is 0. The van der Waals surface area contributed by atoms with E-state index < -0.39 is 11.9 Å². The fourth-order valence-electron chi connectivity index (χ4n) is 1.82. The van der Waals surface area contributed by atoms with E-state index >= 15 is 0 Å². The van der Waals surface area contributed by atoms with Crippen molar-refractivity contribution in [2.75, 3.05) is 6.54 Å². The van der Waals surface area contributed by atoms with Crippen molar-refractivity contribution in [1.82, 2.24) is 4.90 Å². The van der Waals surface area contributed by atoms with E-state index in [1.165, 1.54) is 5.56 Å². The Labute approximate surface area is 162 Å². The van der Waals surface area contributed by atoms with E-state index in [9.17, 15) is 14.4 Å². The zero-order valence-corrected chi connectivity index (χ0v) is 15.6. The molecule has 1 aromatic rings. The van der Waals surface area contributed by atoms with Gasteiger partial charge in [0.25, 0.3) is 0 Å². The normalized spacial score (nSPS) is 12.7. The second kappa shape index (κ2) is 13.1. The summed E-state index contributed by atoms with van der Waals surface area (Å²) < 4.78 is 0. The Morgan fingerprint density at radius 1 is 1.09 bits per heavy atom. The molecule has 0 unspecified atom stereocenters. The Morgan fingerprint density at radius 3 is 2.00 bits per heavy atom. The maximum absolute atomic E-state index is 11.3. The number of hydrogen-bond donors (Lipinski definition) is 2. The standard InChI is InChI=1S/C11H13NO.C4H4O4.ClH.Na/c13-11-7-4-8-12(11)9-10-5-2-1-3-6-10;5-3(6)1-2-4(7)8;;/h1-3,5-6H,4,7-9H2;1-2H,(H,5,6)(H,7,8);1H;/q;;;+1/p-1/b;2-1+;;. The van der Waals surface area contributed by atoms with Crippen LogP contribution < -0.4 is 42.0 Å². The minimum absolute atomic E-state index is 0. The number of nitrogens with zero attached hydrogens (tertiary/aromatic N) is 1. The minimum atomic E-state index is -1.26. The van der Waals surface area contributed by atoms with E-state index in [1.54, 1.807) is 0 Å². The fraction of sp³-hybridized carbons (Fsp3) is 0.267. The van der Waals surface area contributed by atoms with Gasteiger partial charge >= 0.3 is 41.5 Å². The van der Waals surface area contributed by atoms with Crippen molar-refractivity contribution >= 4 is 17.8 Å². The number of halogens is 1. The molecule has 0 bridgehead atoms. The molecule has 6 nitrogen and oxygen atoms in total. The number of likely N-dealkylation sites (tertiary alicyclic amines) is 1. The van der Waals surface area contributed by atoms with E-state index in [4.69, 9.17) is 10.2 Å². The molecule has 1 fully saturated rings. The third-order valence-electron chi connectivity index (χ3n) is 2.76. The average molecular weight is 350 g/mol. The van der Waals surface area contributed by atoms with Gasteiger partial charge in [0.15, 0.2) is 0 Å². The molecule has 0 spiro atoms. The van der Waals surface area contributed by atoms with Crippen LogP contribution >= 0.6 is 0 Å². The average Bonchev–Trinajstić information content (AvgIpc) is 2.84. The van der Waals surface area contributed by atoms with Crippen LogP contribution in [0.5, 0.6) is 0 Å². The Morgan fingerprint density at radius 2 is 1.61 bits per heavy atom. The summed E-state index contributed by atoms with van der Waals surface area (Å²) in [7, 11) is 0. The molecule has 1 aromatic carbocycles. The molecular formula is C15H17ClNNaO5. The maximum Gasteiger partial charge on any atom is 1.00 e. The number of carboxylic acid groups (broad SMARTS) is 2. The summed E-state index contributed by atoms with van der Waals surface area (Å²) in [5.41, 5.74) is 1.22. The van der Waals surface area contributed by atoms with Gasteiger partial charge in [-0.1, -0.05) is 30.3 Å². The molecule has 2 N–H and O–H groups in total. The summed E-state index contributed by atoms with van der Waals surface area (Å²) in [6, 6.07) is 10.1. The van der Waals surface area contributed by atoms with Gasteiger partial charge in [-0.2, -0.15) is 0 Å². The molecule has 1 aliphatic rings. The van der Waals surface area contributed by atoms with E-state index in [-0.39, 0.29) is 42.0 Å². The number of carbonyl (C=O) groups excluding carboxylic acids is 1. The third kappa shape index (κ3) is 10.9. The summed E-state index contributed by atoms with van der Waals surface area (Å²) in [6.07, 6.45) is 2.86. The topological polar surface area (TPSA) is 94.9 Å². The molecule has 120 valence electrons. The zero-order chi connectivity index (χ0) is 15.7. The van der Waals surface area contributed by atoms with Crippen molar-refractivity contribution in [3.8, 4) is 0 Å². The summed E-state index contributed by atoms with van der Waals surface area (Å²) >= 11 is 0. The summed E-state index contributed by atoms with van der Waals surface area (Å²) in [5, 5.41) is 15.6. The van der Waals surface area contributed by atoms with Gasteiger partial charge in [0, 0.05) is 31.7 Å². The van der Waals surface area contributed by atoms with Gasteiger partial charge < -0.3 is 27.5 Å². The second-order valence-electron chi connectivity index (χ2n) is 4.41. The van der Waals surface area contributed by atoms with E-state index in [2.05, 4.69) is 12.1 Å². The van der Waals surface area contributed by atoms with E-state index in [0.717, 1.165) is 25.9 Å². The third-order valence-corrected chi connectivity index (χ3v) is 2.76. The summed E-state index contributed by atoms with van der Waals surface area (Å²) in [5.74, 6) is -2.22. The number of carboxylic acids is 2.